The van der Waals surface area contributed by atoms with Gasteiger partial charge in [-0.05, 0) is 31.0 Å². The minimum atomic E-state index is -0.0925. The van der Waals surface area contributed by atoms with Gasteiger partial charge in [-0.15, -0.1) is 0 Å². The summed E-state index contributed by atoms with van der Waals surface area (Å²) in [5, 5.41) is 3.15. The second-order valence-corrected chi connectivity index (χ2v) is 4.81. The van der Waals surface area contributed by atoms with E-state index in [-0.39, 0.29) is 11.6 Å². The molecule has 0 aliphatic carbocycles. The molecule has 1 atom stereocenters. The number of hydrogen-bond donors (Lipinski definition) is 2. The van der Waals surface area contributed by atoms with Crippen LogP contribution in [-0.4, -0.2) is 9.55 Å². The van der Waals surface area contributed by atoms with Gasteiger partial charge < -0.3 is 15.6 Å². The maximum absolute atomic E-state index is 12.2. The van der Waals surface area contributed by atoms with Crippen LogP contribution in [-0.2, 0) is 6.54 Å². The number of rotatable bonds is 5. The van der Waals surface area contributed by atoms with E-state index in [2.05, 4.69) is 10.3 Å². The van der Waals surface area contributed by atoms with Gasteiger partial charge in [-0.25, -0.2) is 4.98 Å². The van der Waals surface area contributed by atoms with Gasteiger partial charge in [0.05, 0.1) is 6.04 Å². The number of nitrogens with two attached hydrogens (primary N) is 1. The summed E-state index contributed by atoms with van der Waals surface area (Å²) in [6, 6.07) is 7.57. The monoisotopic (exact) mass is 272 g/mol. The van der Waals surface area contributed by atoms with Crippen LogP contribution in [0.2, 0.25) is 0 Å². The number of nitrogen functional groups attached to an aromatic ring is 1. The molecule has 0 saturated carbocycles. The predicted octanol–water partition coefficient (Wildman–Crippen LogP) is 2.41. The molecule has 106 valence electrons. The largest absolute Gasteiger partial charge is 0.399 e. The van der Waals surface area contributed by atoms with Gasteiger partial charge in [0.25, 0.3) is 5.56 Å². The molecular weight excluding hydrogens is 252 g/mol. The zero-order chi connectivity index (χ0) is 14.5. The fourth-order valence-corrected chi connectivity index (χ4v) is 2.08. The molecule has 1 aromatic carbocycles. The summed E-state index contributed by atoms with van der Waals surface area (Å²) >= 11 is 0. The van der Waals surface area contributed by atoms with Gasteiger partial charge in [0.2, 0.25) is 0 Å². The Bertz CT molecular complexity index is 636. The fourth-order valence-electron chi connectivity index (χ4n) is 2.08. The highest BCUT2D eigenvalue weighted by molar-refractivity contribution is 5.44. The van der Waals surface area contributed by atoms with E-state index in [1.807, 2.05) is 38.1 Å². The van der Waals surface area contributed by atoms with Crippen molar-refractivity contribution < 1.29 is 0 Å². The lowest BCUT2D eigenvalue weighted by atomic mass is 10.1. The molecule has 0 bridgehead atoms. The third-order valence-corrected chi connectivity index (χ3v) is 3.14. The zero-order valence-electron chi connectivity index (χ0n) is 11.8. The van der Waals surface area contributed by atoms with Gasteiger partial charge in [-0.3, -0.25) is 4.79 Å². The van der Waals surface area contributed by atoms with Crippen molar-refractivity contribution in [2.24, 2.45) is 0 Å². The van der Waals surface area contributed by atoms with Crippen molar-refractivity contribution in [1.29, 1.82) is 0 Å². The molecule has 0 aliphatic heterocycles. The first-order valence-corrected chi connectivity index (χ1v) is 6.79. The SMILES string of the molecule is CCCn1ccnc(NC(C)c2cccc(N)c2)c1=O. The molecule has 0 amide bonds. The Labute approximate surface area is 118 Å². The minimum Gasteiger partial charge on any atom is -0.399 e. The number of aryl methyl sites for hydroxylation is 1. The molecule has 5 heteroatoms. The fraction of sp³-hybridized carbons (Fsp3) is 0.333. The van der Waals surface area contributed by atoms with Gasteiger partial charge in [-0.2, -0.15) is 0 Å². The van der Waals surface area contributed by atoms with Gasteiger partial charge in [-0.1, -0.05) is 19.1 Å². The van der Waals surface area contributed by atoms with E-state index in [9.17, 15) is 4.79 Å². The summed E-state index contributed by atoms with van der Waals surface area (Å²) in [5.41, 5.74) is 7.42. The first kappa shape index (κ1) is 14.1. The summed E-state index contributed by atoms with van der Waals surface area (Å²) in [4.78, 5) is 16.3. The lowest BCUT2D eigenvalue weighted by Crippen LogP contribution is -2.25. The number of nitrogens with zero attached hydrogens (tertiary/aromatic N) is 2. The van der Waals surface area contributed by atoms with Crippen LogP contribution >= 0.6 is 0 Å². The minimum absolute atomic E-state index is 0.0313. The van der Waals surface area contributed by atoms with Gasteiger partial charge in [0, 0.05) is 24.6 Å². The normalized spacial score (nSPS) is 12.1. The second-order valence-electron chi connectivity index (χ2n) is 4.81. The molecule has 1 unspecified atom stereocenters. The number of benzene rings is 1. The van der Waals surface area contributed by atoms with Crippen molar-refractivity contribution in [1.82, 2.24) is 9.55 Å². The van der Waals surface area contributed by atoms with E-state index in [0.717, 1.165) is 12.0 Å². The number of aromatic nitrogens is 2. The lowest BCUT2D eigenvalue weighted by molar-refractivity contribution is 0.648. The molecule has 1 aromatic heterocycles. The number of anilines is 2. The molecule has 0 aliphatic rings. The summed E-state index contributed by atoms with van der Waals surface area (Å²) in [6.45, 7) is 4.71. The van der Waals surface area contributed by atoms with Crippen LogP contribution in [0.5, 0.6) is 0 Å². The predicted molar refractivity (Wildman–Crippen MR) is 81.7 cm³/mol. The first-order valence-electron chi connectivity index (χ1n) is 6.79. The van der Waals surface area contributed by atoms with E-state index in [1.165, 1.54) is 0 Å². The summed E-state index contributed by atoms with van der Waals surface area (Å²) in [7, 11) is 0. The van der Waals surface area contributed by atoms with Crippen LogP contribution in [0.4, 0.5) is 11.5 Å². The zero-order valence-corrected chi connectivity index (χ0v) is 11.8. The third-order valence-electron chi connectivity index (χ3n) is 3.14. The topological polar surface area (TPSA) is 72.9 Å². The van der Waals surface area contributed by atoms with Crippen molar-refractivity contribution in [3.05, 3.63) is 52.6 Å². The molecule has 0 spiro atoms. The van der Waals surface area contributed by atoms with Crippen molar-refractivity contribution in [3.63, 3.8) is 0 Å². The lowest BCUT2D eigenvalue weighted by Gasteiger charge is -2.15. The highest BCUT2D eigenvalue weighted by Crippen LogP contribution is 2.18. The Morgan fingerprint density at radius 3 is 2.95 bits per heavy atom. The molecule has 0 radical (unpaired) electrons. The van der Waals surface area contributed by atoms with E-state index in [4.69, 9.17) is 5.73 Å². The van der Waals surface area contributed by atoms with Crippen LogP contribution in [0, 0.1) is 0 Å². The molecule has 5 nitrogen and oxygen atoms in total. The molecule has 2 rings (SSSR count). The Hall–Kier alpha value is -2.30. The van der Waals surface area contributed by atoms with E-state index in [0.29, 0.717) is 18.1 Å². The smallest absolute Gasteiger partial charge is 0.293 e. The van der Waals surface area contributed by atoms with Crippen LogP contribution in [0.1, 0.15) is 31.9 Å². The number of nitrogens with one attached hydrogen (secondary N) is 1. The second kappa shape index (κ2) is 6.23. The van der Waals surface area contributed by atoms with Crippen LogP contribution in [0.15, 0.2) is 41.5 Å². The van der Waals surface area contributed by atoms with Crippen LogP contribution in [0.25, 0.3) is 0 Å². The van der Waals surface area contributed by atoms with E-state index >= 15 is 0 Å². The average molecular weight is 272 g/mol. The molecule has 0 fully saturated rings. The molecule has 3 N–H and O–H groups in total. The first-order chi connectivity index (χ1) is 9.61. The standard InChI is InChI=1S/C15H20N4O/c1-3-8-19-9-7-17-14(15(19)20)18-11(2)12-5-4-6-13(16)10-12/h4-7,9-11H,3,8,16H2,1-2H3,(H,17,18). The Balaban J connectivity index is 2.22. The van der Waals surface area contributed by atoms with Crippen molar-refractivity contribution >= 4 is 11.5 Å². The molecule has 20 heavy (non-hydrogen) atoms. The summed E-state index contributed by atoms with van der Waals surface area (Å²) < 4.78 is 1.67. The molecular formula is C15H20N4O. The molecule has 2 aromatic rings. The Morgan fingerprint density at radius 2 is 2.25 bits per heavy atom. The summed E-state index contributed by atoms with van der Waals surface area (Å²) in [6.07, 6.45) is 4.27. The Morgan fingerprint density at radius 1 is 1.45 bits per heavy atom. The Kier molecular flexibility index (Phi) is 4.40. The summed E-state index contributed by atoms with van der Waals surface area (Å²) in [5.74, 6) is 0.371. The van der Waals surface area contributed by atoms with Crippen LogP contribution in [0.3, 0.4) is 0 Å². The molecule has 0 saturated heterocycles. The van der Waals surface area contributed by atoms with Gasteiger partial charge in [0.15, 0.2) is 5.82 Å². The number of hydrogen-bond acceptors (Lipinski definition) is 4. The maximum Gasteiger partial charge on any atom is 0.293 e. The van der Waals surface area contributed by atoms with Gasteiger partial charge in [0.1, 0.15) is 0 Å². The highest BCUT2D eigenvalue weighted by Gasteiger charge is 2.10. The average Bonchev–Trinajstić information content (AvgIpc) is 2.43. The van der Waals surface area contributed by atoms with Crippen molar-refractivity contribution in [2.45, 2.75) is 32.9 Å². The van der Waals surface area contributed by atoms with Gasteiger partial charge >= 0.3 is 0 Å². The molecule has 1 heterocycles. The highest BCUT2D eigenvalue weighted by atomic mass is 16.1. The van der Waals surface area contributed by atoms with Crippen LogP contribution < -0.4 is 16.6 Å². The third kappa shape index (κ3) is 3.17. The quantitative estimate of drug-likeness (QED) is 0.820. The van der Waals surface area contributed by atoms with Crippen molar-refractivity contribution in [3.8, 4) is 0 Å². The van der Waals surface area contributed by atoms with E-state index in [1.54, 1.807) is 17.0 Å². The van der Waals surface area contributed by atoms with Crippen molar-refractivity contribution in [2.75, 3.05) is 11.1 Å². The maximum atomic E-state index is 12.2. The van der Waals surface area contributed by atoms with E-state index < -0.39 is 0 Å².